The zero-order valence-electron chi connectivity index (χ0n) is 18.8. The Kier molecular flexibility index (Phi) is 4.43. The van der Waals surface area contributed by atoms with E-state index in [9.17, 15) is 15.0 Å². The first kappa shape index (κ1) is 20.9. The number of aliphatic hydroxyl groups is 2. The monoisotopic (exact) mass is 428 g/mol. The third kappa shape index (κ3) is 2.86. The summed E-state index contributed by atoms with van der Waals surface area (Å²) in [5.41, 5.74) is 1.52. The third-order valence-electron chi connectivity index (χ3n) is 7.05. The predicted molar refractivity (Wildman–Crippen MR) is 123 cm³/mol. The van der Waals surface area contributed by atoms with Crippen LogP contribution in [0.4, 0.5) is 0 Å². The topological polar surface area (TPSA) is 66.8 Å². The van der Waals surface area contributed by atoms with Crippen LogP contribution in [0.2, 0.25) is 0 Å². The average molecular weight is 429 g/mol. The summed E-state index contributed by atoms with van der Waals surface area (Å²) in [6.07, 6.45) is 0.0613. The first-order valence-corrected chi connectivity index (χ1v) is 11.0. The number of hydrogen-bond donors (Lipinski definition) is 2. The first-order chi connectivity index (χ1) is 15.0. The third-order valence-corrected chi connectivity index (χ3v) is 7.05. The van der Waals surface area contributed by atoms with Crippen molar-refractivity contribution in [3.63, 3.8) is 0 Å². The standard InChI is InChI=1S/C28H28O4/c1-17-9-12-19(13-10-17)32-25(29)24-16-27(30)20-7-5-6-8-21(20)28(24,31)22-14-11-18(15-23(22)27)26(2,3)4/h5-15,24,30-31H,16H2,1-4H3. The van der Waals surface area contributed by atoms with Gasteiger partial charge in [0.25, 0.3) is 0 Å². The minimum atomic E-state index is -1.57. The molecule has 2 bridgehead atoms. The Morgan fingerprint density at radius 2 is 1.53 bits per heavy atom. The molecule has 32 heavy (non-hydrogen) atoms. The summed E-state index contributed by atoms with van der Waals surface area (Å²) in [4.78, 5) is 13.3. The van der Waals surface area contributed by atoms with Crippen LogP contribution in [0.3, 0.4) is 0 Å². The molecule has 164 valence electrons. The van der Waals surface area contributed by atoms with Crippen molar-refractivity contribution in [2.24, 2.45) is 5.92 Å². The normalized spacial score (nSPS) is 25.8. The van der Waals surface area contributed by atoms with Crippen molar-refractivity contribution in [2.45, 2.75) is 50.7 Å². The van der Waals surface area contributed by atoms with Crippen LogP contribution in [-0.4, -0.2) is 16.2 Å². The molecule has 4 nitrogen and oxygen atoms in total. The zero-order valence-corrected chi connectivity index (χ0v) is 18.8. The minimum Gasteiger partial charge on any atom is -0.426 e. The Morgan fingerprint density at radius 1 is 0.906 bits per heavy atom. The maximum absolute atomic E-state index is 13.3. The Bertz CT molecular complexity index is 1220. The summed E-state index contributed by atoms with van der Waals surface area (Å²) < 4.78 is 5.67. The fraction of sp³-hybridized carbons (Fsp3) is 0.321. The molecule has 0 fully saturated rings. The number of carbonyl (C=O) groups excluding carboxylic acids is 1. The largest absolute Gasteiger partial charge is 0.426 e. The zero-order chi connectivity index (χ0) is 22.9. The lowest BCUT2D eigenvalue weighted by molar-refractivity contribution is -0.157. The molecule has 6 rings (SSSR count). The van der Waals surface area contributed by atoms with Gasteiger partial charge in [-0.1, -0.05) is 80.9 Å². The van der Waals surface area contributed by atoms with Crippen LogP contribution < -0.4 is 4.74 Å². The molecule has 0 heterocycles. The molecule has 0 radical (unpaired) electrons. The summed E-state index contributed by atoms with van der Waals surface area (Å²) in [5, 5.41) is 24.2. The van der Waals surface area contributed by atoms with Gasteiger partial charge >= 0.3 is 5.97 Å². The van der Waals surface area contributed by atoms with Crippen molar-refractivity contribution in [1.29, 1.82) is 0 Å². The second-order valence-corrected chi connectivity index (χ2v) is 10.2. The fourth-order valence-electron chi connectivity index (χ4n) is 5.24. The van der Waals surface area contributed by atoms with Crippen LogP contribution in [0.15, 0.2) is 66.7 Å². The van der Waals surface area contributed by atoms with E-state index < -0.39 is 23.1 Å². The van der Waals surface area contributed by atoms with Gasteiger partial charge in [-0.2, -0.15) is 0 Å². The predicted octanol–water partition coefficient (Wildman–Crippen LogP) is 4.70. The summed E-state index contributed by atoms with van der Waals surface area (Å²) in [6.45, 7) is 8.31. The van der Waals surface area contributed by atoms with E-state index in [2.05, 4.69) is 20.8 Å². The molecule has 3 aromatic carbocycles. The van der Waals surface area contributed by atoms with Gasteiger partial charge in [-0.15, -0.1) is 0 Å². The summed E-state index contributed by atoms with van der Waals surface area (Å²) >= 11 is 0. The van der Waals surface area contributed by atoms with E-state index in [1.807, 2.05) is 55.5 Å². The SMILES string of the molecule is Cc1ccc(OC(=O)C2CC3(O)c4ccccc4C2(O)c2ccc(C(C)(C)C)cc23)cc1. The Hall–Kier alpha value is -2.95. The second-order valence-electron chi connectivity index (χ2n) is 10.2. The Labute approximate surface area is 188 Å². The van der Waals surface area contributed by atoms with Gasteiger partial charge in [0.15, 0.2) is 0 Å². The molecule has 0 aromatic heterocycles. The number of aryl methyl sites for hydroxylation is 1. The number of benzene rings is 3. The van der Waals surface area contributed by atoms with E-state index in [4.69, 9.17) is 4.74 Å². The van der Waals surface area contributed by atoms with E-state index in [-0.39, 0.29) is 11.8 Å². The van der Waals surface area contributed by atoms with Gasteiger partial charge in [0.2, 0.25) is 0 Å². The molecule has 3 unspecified atom stereocenters. The molecule has 3 aliphatic carbocycles. The smallest absolute Gasteiger partial charge is 0.318 e. The maximum Gasteiger partial charge on any atom is 0.318 e. The van der Waals surface area contributed by atoms with Gasteiger partial charge in [0.05, 0.1) is 5.92 Å². The van der Waals surface area contributed by atoms with Gasteiger partial charge in [-0.3, -0.25) is 4.79 Å². The highest BCUT2D eigenvalue weighted by Gasteiger charge is 2.62. The summed E-state index contributed by atoms with van der Waals surface area (Å²) in [5.74, 6) is -1.05. The first-order valence-electron chi connectivity index (χ1n) is 11.0. The molecular weight excluding hydrogens is 400 g/mol. The quantitative estimate of drug-likeness (QED) is 0.459. The molecule has 0 saturated heterocycles. The highest BCUT2D eigenvalue weighted by Crippen LogP contribution is 2.60. The van der Waals surface area contributed by atoms with E-state index in [0.29, 0.717) is 28.0 Å². The lowest BCUT2D eigenvalue weighted by Crippen LogP contribution is -2.57. The fourth-order valence-corrected chi connectivity index (χ4v) is 5.24. The lowest BCUT2D eigenvalue weighted by atomic mass is 9.54. The molecule has 3 aliphatic rings. The van der Waals surface area contributed by atoms with E-state index in [0.717, 1.165) is 11.1 Å². The molecule has 4 heteroatoms. The number of carbonyl (C=O) groups is 1. The molecule has 0 aliphatic heterocycles. The lowest BCUT2D eigenvalue weighted by Gasteiger charge is -2.54. The highest BCUT2D eigenvalue weighted by molar-refractivity contribution is 5.81. The summed E-state index contributed by atoms with van der Waals surface area (Å²) in [7, 11) is 0. The number of fused-ring (bicyclic) bond motifs is 1. The molecule has 2 N–H and O–H groups in total. The Balaban J connectivity index is 1.66. The second kappa shape index (κ2) is 6.77. The van der Waals surface area contributed by atoms with E-state index >= 15 is 0 Å². The van der Waals surface area contributed by atoms with Crippen LogP contribution in [0.5, 0.6) is 5.75 Å². The Morgan fingerprint density at radius 3 is 2.19 bits per heavy atom. The van der Waals surface area contributed by atoms with Crippen molar-refractivity contribution in [3.05, 3.63) is 100 Å². The van der Waals surface area contributed by atoms with Gasteiger partial charge in [0, 0.05) is 6.42 Å². The van der Waals surface area contributed by atoms with Crippen LogP contribution in [0, 0.1) is 12.8 Å². The van der Waals surface area contributed by atoms with Crippen molar-refractivity contribution in [3.8, 4) is 5.75 Å². The van der Waals surface area contributed by atoms with Crippen molar-refractivity contribution >= 4 is 5.97 Å². The molecule has 3 aromatic rings. The van der Waals surface area contributed by atoms with Gasteiger partial charge in [0.1, 0.15) is 17.0 Å². The van der Waals surface area contributed by atoms with E-state index in [1.165, 1.54) is 0 Å². The maximum atomic E-state index is 13.3. The van der Waals surface area contributed by atoms with Crippen LogP contribution in [0.25, 0.3) is 0 Å². The molecule has 0 amide bonds. The van der Waals surface area contributed by atoms with Crippen molar-refractivity contribution in [2.75, 3.05) is 0 Å². The van der Waals surface area contributed by atoms with Crippen LogP contribution in [-0.2, 0) is 21.4 Å². The van der Waals surface area contributed by atoms with E-state index in [1.54, 1.807) is 18.2 Å². The molecule has 3 atom stereocenters. The van der Waals surface area contributed by atoms with Crippen molar-refractivity contribution < 1.29 is 19.7 Å². The van der Waals surface area contributed by atoms with Crippen molar-refractivity contribution in [1.82, 2.24) is 0 Å². The van der Waals surface area contributed by atoms with Gasteiger partial charge in [-0.05, 0) is 52.3 Å². The van der Waals surface area contributed by atoms with Crippen LogP contribution >= 0.6 is 0 Å². The van der Waals surface area contributed by atoms with Crippen LogP contribution in [0.1, 0.15) is 60.6 Å². The van der Waals surface area contributed by atoms with Gasteiger partial charge in [-0.25, -0.2) is 0 Å². The highest BCUT2D eigenvalue weighted by atomic mass is 16.5. The number of ether oxygens (including phenoxy) is 1. The minimum absolute atomic E-state index is 0.0613. The number of hydrogen-bond acceptors (Lipinski definition) is 4. The number of esters is 1. The average Bonchev–Trinajstić information content (AvgIpc) is 2.76. The van der Waals surface area contributed by atoms with Gasteiger partial charge < -0.3 is 14.9 Å². The molecule has 0 spiro atoms. The molecular formula is C28H28O4. The summed E-state index contributed by atoms with van der Waals surface area (Å²) in [6, 6.07) is 20.4. The number of rotatable bonds is 2. The molecule has 0 saturated carbocycles.